The van der Waals surface area contributed by atoms with E-state index in [2.05, 4.69) is 82.3 Å². The molecule has 1 saturated carbocycles. The van der Waals surface area contributed by atoms with Crippen molar-refractivity contribution in [2.45, 2.75) is 195 Å². The predicted molar refractivity (Wildman–Crippen MR) is 225 cm³/mol. The lowest BCUT2D eigenvalue weighted by molar-refractivity contribution is -0.178. The van der Waals surface area contributed by atoms with E-state index in [-0.39, 0.29) is 55.0 Å². The van der Waals surface area contributed by atoms with Gasteiger partial charge in [0.1, 0.15) is 0 Å². The second-order valence-electron chi connectivity index (χ2n) is 15.2. The lowest BCUT2D eigenvalue weighted by Gasteiger charge is -2.27. The molecule has 0 saturated heterocycles. The van der Waals surface area contributed by atoms with Crippen molar-refractivity contribution in [2.75, 3.05) is 26.4 Å². The molecule has 9 nitrogen and oxygen atoms in total. The highest BCUT2D eigenvalue weighted by molar-refractivity contribution is 5.69. The van der Waals surface area contributed by atoms with Crippen LogP contribution in [0, 0.1) is 11.8 Å². The largest absolute Gasteiger partial charge is 0.436 e. The molecule has 9 heteroatoms. The van der Waals surface area contributed by atoms with Crippen LogP contribution in [-0.2, 0) is 49.1 Å². The Bertz CT molecular complexity index is 1140. The summed E-state index contributed by atoms with van der Waals surface area (Å²) in [5, 5.41) is 0. The van der Waals surface area contributed by atoms with E-state index < -0.39 is 6.29 Å². The lowest BCUT2D eigenvalue weighted by Crippen LogP contribution is -2.28. The van der Waals surface area contributed by atoms with Crippen LogP contribution in [-0.4, -0.2) is 75.9 Å². The first-order valence-electron chi connectivity index (χ1n) is 22.2. The van der Waals surface area contributed by atoms with Gasteiger partial charge in [0.2, 0.25) is 0 Å². The molecule has 1 aliphatic rings. The molecule has 1 fully saturated rings. The molecule has 0 bridgehead atoms. The van der Waals surface area contributed by atoms with Crippen molar-refractivity contribution in [1.29, 1.82) is 0 Å². The van der Waals surface area contributed by atoms with Crippen LogP contribution in [0.3, 0.4) is 0 Å². The van der Waals surface area contributed by atoms with Crippen molar-refractivity contribution in [3.8, 4) is 0 Å². The molecule has 9 atom stereocenters. The van der Waals surface area contributed by atoms with E-state index in [0.29, 0.717) is 39.3 Å². The molecule has 1 aliphatic carbocycles. The van der Waals surface area contributed by atoms with E-state index >= 15 is 0 Å². The zero-order chi connectivity index (χ0) is 40.8. The van der Waals surface area contributed by atoms with Crippen LogP contribution in [0.25, 0.3) is 0 Å². The van der Waals surface area contributed by atoms with Crippen molar-refractivity contribution in [1.82, 2.24) is 0 Å². The second kappa shape index (κ2) is 31.8. The van der Waals surface area contributed by atoms with E-state index in [1.807, 2.05) is 20.8 Å². The Kier molecular flexibility index (Phi) is 28.4. The summed E-state index contributed by atoms with van der Waals surface area (Å²) in [7, 11) is 0. The molecule has 0 amide bonds. The third-order valence-corrected chi connectivity index (χ3v) is 10.1. The van der Waals surface area contributed by atoms with E-state index in [1.165, 1.54) is 5.56 Å². The van der Waals surface area contributed by atoms with Crippen LogP contribution in [0.5, 0.6) is 0 Å². The number of carbonyl (C=O) groups excluding carboxylic acids is 1. The monoisotopic (exact) mass is 789 g/mol. The van der Waals surface area contributed by atoms with Gasteiger partial charge in [0.25, 0.3) is 0 Å². The van der Waals surface area contributed by atoms with Gasteiger partial charge >= 0.3 is 5.97 Å². The number of allylic oxidation sites excluding steroid dienone is 2. The molecule has 4 unspecified atom stereocenters. The Hall–Kier alpha value is -2.11. The SMILES string of the molecule is CCCCOC(C)OC(=O)CCC/C=C/C[C@@H]1[C@@H](/C=C/[C@H](CCc2ccccc2)OC(C)OCCCC)[C@H](OC(C)OCCCC)C[C@@H]1OC(C)OCCCC. The van der Waals surface area contributed by atoms with Crippen LogP contribution in [0.4, 0.5) is 0 Å². The molecule has 1 aromatic carbocycles. The molecular weight excluding hydrogens is 709 g/mol. The Labute approximate surface area is 341 Å². The summed E-state index contributed by atoms with van der Waals surface area (Å²) in [4.78, 5) is 12.4. The average molecular weight is 789 g/mol. The van der Waals surface area contributed by atoms with Gasteiger partial charge in [0, 0.05) is 38.6 Å². The van der Waals surface area contributed by atoms with Gasteiger partial charge in [-0.25, -0.2) is 0 Å². The standard InChI is InChI=1S/C47H80O9/c1-9-13-32-49-37(5)53-42(29-28-41-24-20-19-21-25-41)30-31-44-43(26-22-17-18-23-27-47(48)56-40(8)52-35-16-12-4)45(54-38(6)50-33-14-10-2)36-46(44)55-39(7)51-34-15-11-3/h17,19-22,24-25,30-31,37-40,42-46H,9-16,18,23,26-29,32-36H2,1-8H3/b22-17+,31-30+/t37?,38?,39?,40?,42-,43+,44+,45-,46+/m0/s1. The van der Waals surface area contributed by atoms with Crippen LogP contribution < -0.4 is 0 Å². The Morgan fingerprint density at radius 1 is 0.696 bits per heavy atom. The first-order chi connectivity index (χ1) is 27.2. The third kappa shape index (κ3) is 22.7. The van der Waals surface area contributed by atoms with E-state index in [9.17, 15) is 4.79 Å². The third-order valence-electron chi connectivity index (χ3n) is 10.1. The van der Waals surface area contributed by atoms with Crippen LogP contribution >= 0.6 is 0 Å². The number of carbonyl (C=O) groups is 1. The van der Waals surface area contributed by atoms with E-state index in [4.69, 9.17) is 37.9 Å². The van der Waals surface area contributed by atoms with Gasteiger partial charge in [-0.15, -0.1) is 0 Å². The van der Waals surface area contributed by atoms with Crippen molar-refractivity contribution in [3.05, 3.63) is 60.2 Å². The molecule has 0 radical (unpaired) electrons. The summed E-state index contributed by atoms with van der Waals surface area (Å²) in [5.41, 5.74) is 1.28. The highest BCUT2D eigenvalue weighted by atomic mass is 16.7. The predicted octanol–water partition coefficient (Wildman–Crippen LogP) is 11.3. The van der Waals surface area contributed by atoms with Gasteiger partial charge in [0.05, 0.1) is 24.9 Å². The topological polar surface area (TPSA) is 90.9 Å². The highest BCUT2D eigenvalue weighted by Crippen LogP contribution is 2.41. The van der Waals surface area contributed by atoms with E-state index in [1.54, 1.807) is 6.92 Å². The number of aryl methyl sites for hydroxylation is 1. The number of benzene rings is 1. The van der Waals surface area contributed by atoms with Crippen molar-refractivity contribution in [3.63, 3.8) is 0 Å². The number of rotatable bonds is 34. The lowest BCUT2D eigenvalue weighted by atomic mass is 9.89. The molecule has 0 aliphatic heterocycles. The maximum absolute atomic E-state index is 12.4. The van der Waals surface area contributed by atoms with Gasteiger partial charge in [0.15, 0.2) is 25.2 Å². The van der Waals surface area contributed by atoms with Crippen molar-refractivity contribution in [2.24, 2.45) is 11.8 Å². The molecule has 0 aromatic heterocycles. The molecule has 56 heavy (non-hydrogen) atoms. The Morgan fingerprint density at radius 2 is 1.25 bits per heavy atom. The fourth-order valence-electron chi connectivity index (χ4n) is 6.82. The molecular formula is C47H80O9. The fourth-order valence-corrected chi connectivity index (χ4v) is 6.82. The highest BCUT2D eigenvalue weighted by Gasteiger charge is 2.44. The first-order valence-corrected chi connectivity index (χ1v) is 22.2. The van der Waals surface area contributed by atoms with E-state index in [0.717, 1.165) is 83.5 Å². The smallest absolute Gasteiger partial charge is 0.308 e. The summed E-state index contributed by atoms with van der Waals surface area (Å²) in [6.45, 7) is 19.0. The molecule has 1 aromatic rings. The normalized spacial score (nSPS) is 21.4. The fraction of sp³-hybridized carbons (Fsp3) is 0.766. The van der Waals surface area contributed by atoms with Crippen LogP contribution in [0.15, 0.2) is 54.6 Å². The average Bonchev–Trinajstić information content (AvgIpc) is 3.48. The summed E-state index contributed by atoms with van der Waals surface area (Å²) in [6, 6.07) is 10.6. The quantitative estimate of drug-likeness (QED) is 0.0293. The molecule has 0 N–H and O–H groups in total. The minimum atomic E-state index is -0.516. The molecule has 0 heterocycles. The summed E-state index contributed by atoms with van der Waals surface area (Å²) < 4.78 is 49.2. The summed E-state index contributed by atoms with van der Waals surface area (Å²) in [6.07, 6.45) is 20.4. The van der Waals surface area contributed by atoms with Gasteiger partial charge in [-0.2, -0.15) is 0 Å². The number of hydrogen-bond acceptors (Lipinski definition) is 9. The van der Waals surface area contributed by atoms with Crippen molar-refractivity contribution >= 4 is 5.97 Å². The maximum Gasteiger partial charge on any atom is 0.308 e. The Balaban J connectivity index is 2.28. The first kappa shape index (κ1) is 50.0. The summed E-state index contributed by atoms with van der Waals surface area (Å²) >= 11 is 0. The van der Waals surface area contributed by atoms with Gasteiger partial charge in [-0.05, 0) is 97.0 Å². The Morgan fingerprint density at radius 3 is 1.84 bits per heavy atom. The number of ether oxygens (including phenoxy) is 8. The zero-order valence-corrected chi connectivity index (χ0v) is 36.5. The maximum atomic E-state index is 12.4. The van der Waals surface area contributed by atoms with Gasteiger partial charge in [-0.3, -0.25) is 4.79 Å². The minimum Gasteiger partial charge on any atom is -0.436 e. The van der Waals surface area contributed by atoms with Gasteiger partial charge < -0.3 is 37.9 Å². The zero-order valence-electron chi connectivity index (χ0n) is 36.5. The second-order valence-corrected chi connectivity index (χ2v) is 15.2. The molecule has 2 rings (SSSR count). The van der Waals surface area contributed by atoms with Crippen LogP contribution in [0.1, 0.15) is 151 Å². The van der Waals surface area contributed by atoms with Crippen molar-refractivity contribution < 1.29 is 42.7 Å². The number of unbranched alkanes of at least 4 members (excludes halogenated alkanes) is 5. The number of hydrogen-bond donors (Lipinski definition) is 0. The van der Waals surface area contributed by atoms with Gasteiger partial charge in [-0.1, -0.05) is 108 Å². The molecule has 322 valence electrons. The number of esters is 1. The molecule has 0 spiro atoms. The summed E-state index contributed by atoms with van der Waals surface area (Å²) in [5.74, 6) is -0.0435. The minimum absolute atomic E-state index is 0.0491. The van der Waals surface area contributed by atoms with Crippen LogP contribution in [0.2, 0.25) is 0 Å².